The Labute approximate surface area is 129 Å². The lowest BCUT2D eigenvalue weighted by atomic mass is 10.1. The molecule has 1 aromatic heterocycles. The van der Waals surface area contributed by atoms with Crippen LogP contribution in [0.5, 0.6) is 0 Å². The van der Waals surface area contributed by atoms with Gasteiger partial charge in [-0.2, -0.15) is 0 Å². The molecule has 116 valence electrons. The number of aromatic nitrogens is 1. The quantitative estimate of drug-likeness (QED) is 0.916. The molecule has 2 aromatic rings. The van der Waals surface area contributed by atoms with Gasteiger partial charge >= 0.3 is 0 Å². The van der Waals surface area contributed by atoms with Crippen LogP contribution in [0.2, 0.25) is 0 Å². The lowest BCUT2D eigenvalue weighted by Gasteiger charge is -2.21. The van der Waals surface area contributed by atoms with Gasteiger partial charge in [0.05, 0.1) is 6.10 Å². The summed E-state index contributed by atoms with van der Waals surface area (Å²) >= 11 is 0. The highest BCUT2D eigenvalue weighted by atomic mass is 16.5. The lowest BCUT2D eigenvalue weighted by molar-refractivity contribution is -0.131. The minimum Gasteiger partial charge on any atom is -0.360 e. The predicted octanol–water partition coefficient (Wildman–Crippen LogP) is 3.62. The first-order chi connectivity index (χ1) is 10.7. The van der Waals surface area contributed by atoms with Crippen LogP contribution in [0.1, 0.15) is 43.1 Å². The van der Waals surface area contributed by atoms with Crippen LogP contribution in [-0.4, -0.2) is 17.2 Å². The van der Waals surface area contributed by atoms with Gasteiger partial charge in [0.25, 0.3) is 5.91 Å². The fourth-order valence-electron chi connectivity index (χ4n) is 2.75. The molecule has 0 aliphatic heterocycles. The number of nitrogens with zero attached hydrogens (tertiary/aromatic N) is 1. The van der Waals surface area contributed by atoms with Crippen molar-refractivity contribution < 1.29 is 14.1 Å². The molecule has 1 N–H and O–H groups in total. The minimum atomic E-state index is -0.624. The third kappa shape index (κ3) is 3.54. The third-order valence-electron chi connectivity index (χ3n) is 3.85. The van der Waals surface area contributed by atoms with Gasteiger partial charge in [-0.15, -0.1) is 0 Å². The van der Waals surface area contributed by atoms with Crippen molar-refractivity contribution in [3.05, 3.63) is 47.7 Å². The molecule has 1 amide bonds. The zero-order valence-electron chi connectivity index (χ0n) is 12.6. The second-order valence-electron chi connectivity index (χ2n) is 5.65. The second-order valence-corrected chi connectivity index (χ2v) is 5.65. The fraction of sp³-hybridized carbons (Fsp3) is 0.412. The van der Waals surface area contributed by atoms with Crippen molar-refractivity contribution in [1.29, 1.82) is 0 Å². The van der Waals surface area contributed by atoms with Crippen molar-refractivity contribution in [2.75, 3.05) is 5.32 Å². The topological polar surface area (TPSA) is 64.4 Å². The summed E-state index contributed by atoms with van der Waals surface area (Å²) in [7, 11) is 0. The molecule has 22 heavy (non-hydrogen) atoms. The molecule has 5 nitrogen and oxygen atoms in total. The Hall–Kier alpha value is -2.14. The van der Waals surface area contributed by atoms with Crippen molar-refractivity contribution in [3.8, 4) is 0 Å². The Bertz CT molecular complexity index is 618. The average molecular weight is 300 g/mol. The molecule has 1 heterocycles. The second kappa shape index (κ2) is 6.75. The molecule has 1 fully saturated rings. The van der Waals surface area contributed by atoms with Crippen LogP contribution in [0.4, 0.5) is 5.82 Å². The van der Waals surface area contributed by atoms with Crippen LogP contribution < -0.4 is 5.32 Å². The number of hydrogen-bond donors (Lipinski definition) is 1. The molecule has 5 heteroatoms. The number of ether oxygens (including phenoxy) is 1. The van der Waals surface area contributed by atoms with Gasteiger partial charge in [0.1, 0.15) is 5.76 Å². The Morgan fingerprint density at radius 3 is 2.68 bits per heavy atom. The first-order valence-corrected chi connectivity index (χ1v) is 7.67. The number of amides is 1. The average Bonchev–Trinajstić information content (AvgIpc) is 3.17. The molecule has 0 spiro atoms. The van der Waals surface area contributed by atoms with Gasteiger partial charge in [-0.3, -0.25) is 4.79 Å². The maximum atomic E-state index is 12.6. The Morgan fingerprint density at radius 1 is 1.32 bits per heavy atom. The molecule has 1 aromatic carbocycles. The number of nitrogens with one attached hydrogen (secondary N) is 1. The van der Waals surface area contributed by atoms with Gasteiger partial charge in [0.15, 0.2) is 11.9 Å². The SMILES string of the molecule is Cc1cc(NC(=O)[C@@H](OC2CCCC2)c2ccccc2)no1. The van der Waals surface area contributed by atoms with Crippen LogP contribution in [0, 0.1) is 6.92 Å². The molecule has 0 saturated heterocycles. The van der Waals surface area contributed by atoms with Crippen molar-refractivity contribution in [2.24, 2.45) is 0 Å². The van der Waals surface area contributed by atoms with Gasteiger partial charge in [0.2, 0.25) is 0 Å². The van der Waals surface area contributed by atoms with E-state index in [2.05, 4.69) is 10.5 Å². The maximum absolute atomic E-state index is 12.6. The van der Waals surface area contributed by atoms with E-state index in [1.54, 1.807) is 13.0 Å². The van der Waals surface area contributed by atoms with Crippen molar-refractivity contribution in [3.63, 3.8) is 0 Å². The molecule has 1 aliphatic rings. The van der Waals surface area contributed by atoms with E-state index in [-0.39, 0.29) is 12.0 Å². The Kier molecular flexibility index (Phi) is 4.53. The van der Waals surface area contributed by atoms with E-state index in [1.807, 2.05) is 30.3 Å². The highest BCUT2D eigenvalue weighted by Crippen LogP contribution is 2.28. The molecule has 1 atom stereocenters. The number of carbonyl (C=O) groups excluding carboxylic acids is 1. The lowest BCUT2D eigenvalue weighted by Crippen LogP contribution is -2.26. The van der Waals surface area contributed by atoms with Gasteiger partial charge in [-0.1, -0.05) is 48.3 Å². The molecular weight excluding hydrogens is 280 g/mol. The van der Waals surface area contributed by atoms with Crippen LogP contribution in [0.25, 0.3) is 0 Å². The number of hydrogen-bond acceptors (Lipinski definition) is 4. The summed E-state index contributed by atoms with van der Waals surface area (Å²) in [5.41, 5.74) is 0.854. The van der Waals surface area contributed by atoms with Crippen molar-refractivity contribution in [1.82, 2.24) is 5.16 Å². The summed E-state index contributed by atoms with van der Waals surface area (Å²) < 4.78 is 11.0. The smallest absolute Gasteiger partial charge is 0.259 e. The highest BCUT2D eigenvalue weighted by Gasteiger charge is 2.27. The maximum Gasteiger partial charge on any atom is 0.259 e. The number of rotatable bonds is 5. The van der Waals surface area contributed by atoms with Gasteiger partial charge in [-0.25, -0.2) is 0 Å². The van der Waals surface area contributed by atoms with Crippen LogP contribution in [0.3, 0.4) is 0 Å². The predicted molar refractivity (Wildman–Crippen MR) is 82.4 cm³/mol. The van der Waals surface area contributed by atoms with E-state index in [1.165, 1.54) is 0 Å². The number of benzene rings is 1. The number of aryl methyl sites for hydroxylation is 1. The largest absolute Gasteiger partial charge is 0.360 e. The molecule has 1 aliphatic carbocycles. The summed E-state index contributed by atoms with van der Waals surface area (Å²) in [6.07, 6.45) is 3.88. The monoisotopic (exact) mass is 300 g/mol. The van der Waals surface area contributed by atoms with E-state index in [9.17, 15) is 4.79 Å². The minimum absolute atomic E-state index is 0.148. The first kappa shape index (κ1) is 14.8. The Morgan fingerprint density at radius 2 is 2.05 bits per heavy atom. The molecule has 0 unspecified atom stereocenters. The zero-order chi connectivity index (χ0) is 15.4. The summed E-state index contributed by atoms with van der Waals surface area (Å²) in [5.74, 6) is 0.855. The van der Waals surface area contributed by atoms with E-state index in [4.69, 9.17) is 9.26 Å². The zero-order valence-corrected chi connectivity index (χ0v) is 12.6. The molecule has 0 bridgehead atoms. The standard InChI is InChI=1S/C17H20N2O3/c1-12-11-15(19-22-12)18-17(20)16(13-7-3-2-4-8-13)21-14-9-5-6-10-14/h2-4,7-8,11,14,16H,5-6,9-10H2,1H3,(H,18,19,20)/t16-/m0/s1. The summed E-state index contributed by atoms with van der Waals surface area (Å²) in [6, 6.07) is 11.3. The summed E-state index contributed by atoms with van der Waals surface area (Å²) in [4.78, 5) is 12.6. The number of carbonyl (C=O) groups is 1. The summed E-state index contributed by atoms with van der Waals surface area (Å²) in [6.45, 7) is 1.78. The number of anilines is 1. The van der Waals surface area contributed by atoms with Crippen LogP contribution >= 0.6 is 0 Å². The fourth-order valence-corrected chi connectivity index (χ4v) is 2.75. The van der Waals surface area contributed by atoms with Crippen molar-refractivity contribution >= 4 is 11.7 Å². The molecule has 3 rings (SSSR count). The molecule has 1 saturated carbocycles. The summed E-state index contributed by atoms with van der Waals surface area (Å²) in [5, 5.41) is 6.57. The van der Waals surface area contributed by atoms with Gasteiger partial charge in [0, 0.05) is 6.07 Å². The van der Waals surface area contributed by atoms with Crippen molar-refractivity contribution in [2.45, 2.75) is 44.8 Å². The van der Waals surface area contributed by atoms with Crippen LogP contribution in [0.15, 0.2) is 40.9 Å². The van der Waals surface area contributed by atoms with E-state index < -0.39 is 6.10 Å². The normalized spacial score (nSPS) is 16.6. The molecular formula is C17H20N2O3. The Balaban J connectivity index is 1.76. The molecule has 0 radical (unpaired) electrons. The van der Waals surface area contributed by atoms with Gasteiger partial charge in [-0.05, 0) is 25.3 Å². The highest BCUT2D eigenvalue weighted by molar-refractivity contribution is 5.94. The third-order valence-corrected chi connectivity index (χ3v) is 3.85. The van der Waals surface area contributed by atoms with Gasteiger partial charge < -0.3 is 14.6 Å². The first-order valence-electron chi connectivity index (χ1n) is 7.67. The van der Waals surface area contributed by atoms with E-state index in [0.717, 1.165) is 31.2 Å². The van der Waals surface area contributed by atoms with Crippen LogP contribution in [-0.2, 0) is 9.53 Å². The van der Waals surface area contributed by atoms with E-state index >= 15 is 0 Å². The van der Waals surface area contributed by atoms with E-state index in [0.29, 0.717) is 11.6 Å².